The zero-order chi connectivity index (χ0) is 12.9. The zero-order valence-electron chi connectivity index (χ0n) is 11.0. The maximum atomic E-state index is 11.6. The molecule has 94 valence electrons. The van der Waals surface area contributed by atoms with Crippen molar-refractivity contribution < 1.29 is 9.53 Å². The molecule has 0 heterocycles. The van der Waals surface area contributed by atoms with E-state index in [1.54, 1.807) is 0 Å². The number of rotatable bonds is 5. The van der Waals surface area contributed by atoms with Crippen molar-refractivity contribution in [2.45, 2.75) is 38.8 Å². The van der Waals surface area contributed by atoms with E-state index >= 15 is 0 Å². The van der Waals surface area contributed by atoms with Crippen LogP contribution in [0.5, 0.6) is 0 Å². The second-order valence-corrected chi connectivity index (χ2v) is 4.63. The Bertz CT molecular complexity index is 360. The summed E-state index contributed by atoms with van der Waals surface area (Å²) in [6, 6.07) is 10.3. The van der Waals surface area contributed by atoms with Crippen LogP contribution in [-0.2, 0) is 9.53 Å². The molecule has 0 aliphatic rings. The minimum atomic E-state index is -0.675. The summed E-state index contributed by atoms with van der Waals surface area (Å²) in [6.45, 7) is 5.77. The van der Waals surface area contributed by atoms with Crippen LogP contribution < -0.4 is 5.32 Å². The molecule has 0 radical (unpaired) electrons. The summed E-state index contributed by atoms with van der Waals surface area (Å²) >= 11 is 0. The minimum Gasteiger partial charge on any atom is -0.468 e. The van der Waals surface area contributed by atoms with Crippen LogP contribution in [0.3, 0.4) is 0 Å². The highest BCUT2D eigenvalue weighted by Crippen LogP contribution is 2.20. The molecule has 0 aliphatic heterocycles. The molecular weight excluding hydrogens is 214 g/mol. The van der Waals surface area contributed by atoms with Gasteiger partial charge in [0.2, 0.25) is 0 Å². The number of hydrogen-bond donors (Lipinski definition) is 1. The normalized spacial score (nSPS) is 13.2. The van der Waals surface area contributed by atoms with E-state index in [4.69, 9.17) is 4.74 Å². The van der Waals surface area contributed by atoms with Gasteiger partial charge in [-0.15, -0.1) is 0 Å². The molecule has 0 aromatic heterocycles. The summed E-state index contributed by atoms with van der Waals surface area (Å²) in [6.07, 6.45) is 0.921. The molecule has 0 aliphatic carbocycles. The summed E-state index contributed by atoms with van der Waals surface area (Å²) in [5.41, 5.74) is 0.512. The van der Waals surface area contributed by atoms with Crippen molar-refractivity contribution in [1.82, 2.24) is 5.32 Å². The molecule has 0 amide bonds. The predicted molar refractivity (Wildman–Crippen MR) is 68.7 cm³/mol. The Balaban J connectivity index is 2.81. The van der Waals surface area contributed by atoms with E-state index in [0.29, 0.717) is 0 Å². The van der Waals surface area contributed by atoms with Crippen LogP contribution in [-0.4, -0.2) is 18.6 Å². The Morgan fingerprint density at radius 3 is 2.41 bits per heavy atom. The van der Waals surface area contributed by atoms with Crippen molar-refractivity contribution in [3.8, 4) is 0 Å². The lowest BCUT2D eigenvalue weighted by Crippen LogP contribution is -2.48. The van der Waals surface area contributed by atoms with Crippen LogP contribution in [0, 0.1) is 0 Å². The fourth-order valence-electron chi connectivity index (χ4n) is 1.86. The van der Waals surface area contributed by atoms with Gasteiger partial charge in [-0.1, -0.05) is 37.3 Å². The number of benzene rings is 1. The van der Waals surface area contributed by atoms with Gasteiger partial charge in [-0.2, -0.15) is 0 Å². The van der Waals surface area contributed by atoms with Gasteiger partial charge in [-0.05, 0) is 25.8 Å². The topological polar surface area (TPSA) is 38.3 Å². The van der Waals surface area contributed by atoms with E-state index in [1.807, 2.05) is 32.0 Å². The third-order valence-electron chi connectivity index (χ3n) is 2.84. The second-order valence-electron chi connectivity index (χ2n) is 4.63. The summed E-state index contributed by atoms with van der Waals surface area (Å²) in [4.78, 5) is 11.6. The molecule has 1 aromatic carbocycles. The molecule has 0 bridgehead atoms. The fraction of sp³-hybridized carbons (Fsp3) is 0.500. The SMILES string of the molecule is CCC(NC(C)(C)C(=O)OC)c1ccccc1. The highest BCUT2D eigenvalue weighted by Gasteiger charge is 2.30. The van der Waals surface area contributed by atoms with Gasteiger partial charge in [-0.25, -0.2) is 0 Å². The van der Waals surface area contributed by atoms with E-state index in [0.717, 1.165) is 6.42 Å². The summed E-state index contributed by atoms with van der Waals surface area (Å²) in [5.74, 6) is -0.244. The van der Waals surface area contributed by atoms with Crippen LogP contribution in [0.4, 0.5) is 0 Å². The summed E-state index contributed by atoms with van der Waals surface area (Å²) in [7, 11) is 1.41. The van der Waals surface area contributed by atoms with Gasteiger partial charge < -0.3 is 4.74 Å². The highest BCUT2D eigenvalue weighted by atomic mass is 16.5. The highest BCUT2D eigenvalue weighted by molar-refractivity contribution is 5.79. The lowest BCUT2D eigenvalue weighted by molar-refractivity contribution is -0.147. The van der Waals surface area contributed by atoms with Gasteiger partial charge in [-0.3, -0.25) is 10.1 Å². The third kappa shape index (κ3) is 3.56. The molecule has 1 rings (SSSR count). The summed E-state index contributed by atoms with van der Waals surface area (Å²) in [5, 5.41) is 3.34. The van der Waals surface area contributed by atoms with Gasteiger partial charge in [0.1, 0.15) is 5.54 Å². The Morgan fingerprint density at radius 1 is 1.35 bits per heavy atom. The van der Waals surface area contributed by atoms with Crippen LogP contribution in [0.15, 0.2) is 30.3 Å². The number of hydrogen-bond acceptors (Lipinski definition) is 3. The van der Waals surface area contributed by atoms with E-state index in [9.17, 15) is 4.79 Å². The Hall–Kier alpha value is -1.35. The maximum Gasteiger partial charge on any atom is 0.325 e. The molecule has 0 spiro atoms. The maximum absolute atomic E-state index is 11.6. The molecule has 17 heavy (non-hydrogen) atoms. The molecule has 1 aromatic rings. The number of esters is 1. The Kier molecular flexibility index (Phi) is 4.70. The first-order chi connectivity index (χ1) is 8.01. The number of carbonyl (C=O) groups excluding carboxylic acids is 1. The number of ether oxygens (including phenoxy) is 1. The average molecular weight is 235 g/mol. The number of nitrogens with one attached hydrogen (secondary N) is 1. The zero-order valence-corrected chi connectivity index (χ0v) is 11.0. The van der Waals surface area contributed by atoms with E-state index in [1.165, 1.54) is 12.7 Å². The van der Waals surface area contributed by atoms with Crippen molar-refractivity contribution in [2.75, 3.05) is 7.11 Å². The molecule has 1 unspecified atom stereocenters. The van der Waals surface area contributed by atoms with Crippen molar-refractivity contribution in [3.63, 3.8) is 0 Å². The lowest BCUT2D eigenvalue weighted by atomic mass is 9.98. The van der Waals surface area contributed by atoms with Crippen LogP contribution >= 0.6 is 0 Å². The second kappa shape index (κ2) is 5.82. The number of methoxy groups -OCH3 is 1. The van der Waals surface area contributed by atoms with E-state index in [-0.39, 0.29) is 12.0 Å². The average Bonchev–Trinajstić information content (AvgIpc) is 2.36. The van der Waals surface area contributed by atoms with Gasteiger partial charge in [0, 0.05) is 6.04 Å². The van der Waals surface area contributed by atoms with Crippen molar-refractivity contribution in [3.05, 3.63) is 35.9 Å². The minimum absolute atomic E-state index is 0.158. The molecule has 0 fully saturated rings. The molecule has 0 saturated heterocycles. The van der Waals surface area contributed by atoms with Crippen LogP contribution in [0.25, 0.3) is 0 Å². The largest absolute Gasteiger partial charge is 0.468 e. The van der Waals surface area contributed by atoms with E-state index < -0.39 is 5.54 Å². The first-order valence-electron chi connectivity index (χ1n) is 5.92. The molecule has 1 N–H and O–H groups in total. The molecule has 1 atom stereocenters. The fourth-order valence-corrected chi connectivity index (χ4v) is 1.86. The van der Waals surface area contributed by atoms with E-state index in [2.05, 4.69) is 24.4 Å². The van der Waals surface area contributed by atoms with Crippen molar-refractivity contribution >= 4 is 5.97 Å². The standard InChI is InChI=1S/C14H21NO2/c1-5-12(11-9-7-6-8-10-11)15-14(2,3)13(16)17-4/h6-10,12,15H,5H2,1-4H3. The lowest BCUT2D eigenvalue weighted by Gasteiger charge is -2.29. The van der Waals surface area contributed by atoms with Crippen molar-refractivity contribution in [1.29, 1.82) is 0 Å². The summed E-state index contributed by atoms with van der Waals surface area (Å²) < 4.78 is 4.79. The molecule has 3 nitrogen and oxygen atoms in total. The van der Waals surface area contributed by atoms with Gasteiger partial charge in [0.05, 0.1) is 7.11 Å². The smallest absolute Gasteiger partial charge is 0.325 e. The predicted octanol–water partition coefficient (Wildman–Crippen LogP) is 2.68. The molecule has 3 heteroatoms. The van der Waals surface area contributed by atoms with Gasteiger partial charge in [0.25, 0.3) is 0 Å². The van der Waals surface area contributed by atoms with Gasteiger partial charge in [0.15, 0.2) is 0 Å². The Morgan fingerprint density at radius 2 is 1.94 bits per heavy atom. The number of carbonyl (C=O) groups is 1. The van der Waals surface area contributed by atoms with Crippen LogP contribution in [0.2, 0.25) is 0 Å². The first kappa shape index (κ1) is 13.7. The van der Waals surface area contributed by atoms with Crippen LogP contribution in [0.1, 0.15) is 38.8 Å². The first-order valence-corrected chi connectivity index (χ1v) is 5.92. The quantitative estimate of drug-likeness (QED) is 0.797. The Labute approximate surface area is 103 Å². The molecular formula is C14H21NO2. The van der Waals surface area contributed by atoms with Crippen molar-refractivity contribution in [2.24, 2.45) is 0 Å². The van der Waals surface area contributed by atoms with Gasteiger partial charge >= 0.3 is 5.97 Å². The monoisotopic (exact) mass is 235 g/mol. The third-order valence-corrected chi connectivity index (χ3v) is 2.84. The molecule has 0 saturated carbocycles.